The number of nitrogens with one attached hydrogen (secondary N) is 1. The Morgan fingerprint density at radius 1 is 1.25 bits per heavy atom. The van der Waals surface area contributed by atoms with Gasteiger partial charge >= 0.3 is 0 Å². The molecule has 0 aromatic carbocycles. The third-order valence-corrected chi connectivity index (χ3v) is 5.47. The Hall–Kier alpha value is -0.570. The third-order valence-electron chi connectivity index (χ3n) is 5.47. The van der Waals surface area contributed by atoms with E-state index in [4.69, 9.17) is 0 Å². The first kappa shape index (κ1) is 15.8. The minimum Gasteiger partial charge on any atom is -0.325 e. The summed E-state index contributed by atoms with van der Waals surface area (Å²) in [5, 5.41) is 3.70. The van der Waals surface area contributed by atoms with Crippen molar-refractivity contribution in [2.75, 3.05) is 6.54 Å². The van der Waals surface area contributed by atoms with Crippen molar-refractivity contribution in [2.24, 2.45) is 17.3 Å². The number of hydrogen-bond acceptors (Lipinski definition) is 2. The molecule has 0 bridgehead atoms. The van der Waals surface area contributed by atoms with Crippen LogP contribution in [-0.4, -0.2) is 29.1 Å². The minimum atomic E-state index is -0.230. The van der Waals surface area contributed by atoms with Crippen LogP contribution < -0.4 is 5.32 Å². The molecule has 20 heavy (non-hydrogen) atoms. The second-order valence-electron chi connectivity index (χ2n) is 8.35. The molecule has 3 heteroatoms. The Labute approximate surface area is 124 Å². The monoisotopic (exact) mass is 280 g/mol. The van der Waals surface area contributed by atoms with E-state index in [1.165, 1.54) is 12.8 Å². The van der Waals surface area contributed by atoms with E-state index in [9.17, 15) is 4.79 Å². The Bertz CT molecular complexity index is 364. The van der Waals surface area contributed by atoms with Crippen molar-refractivity contribution in [2.45, 2.75) is 78.9 Å². The van der Waals surface area contributed by atoms with E-state index >= 15 is 0 Å². The minimum absolute atomic E-state index is 0.213. The van der Waals surface area contributed by atoms with E-state index in [0.29, 0.717) is 17.7 Å². The van der Waals surface area contributed by atoms with Crippen LogP contribution in [0.1, 0.15) is 67.2 Å². The zero-order valence-electron chi connectivity index (χ0n) is 14.1. The van der Waals surface area contributed by atoms with E-state index in [1.807, 2.05) is 0 Å². The van der Waals surface area contributed by atoms with Gasteiger partial charge in [0.15, 0.2) is 0 Å². The van der Waals surface area contributed by atoms with Gasteiger partial charge in [-0.2, -0.15) is 0 Å². The summed E-state index contributed by atoms with van der Waals surface area (Å²) in [6.45, 7) is 14.4. The van der Waals surface area contributed by atoms with Gasteiger partial charge in [-0.15, -0.1) is 0 Å². The normalized spacial score (nSPS) is 27.9. The van der Waals surface area contributed by atoms with Gasteiger partial charge in [0.1, 0.15) is 0 Å². The summed E-state index contributed by atoms with van der Waals surface area (Å²) in [6, 6.07) is 0. The zero-order valence-corrected chi connectivity index (χ0v) is 14.1. The van der Waals surface area contributed by atoms with Crippen LogP contribution in [0.25, 0.3) is 0 Å². The Morgan fingerprint density at radius 3 is 2.25 bits per heavy atom. The number of hydrogen-bond donors (Lipinski definition) is 1. The summed E-state index contributed by atoms with van der Waals surface area (Å²) in [4.78, 5) is 15.1. The average Bonchev–Trinajstić information content (AvgIpc) is 2.89. The predicted molar refractivity (Wildman–Crippen MR) is 83.3 cm³/mol. The topological polar surface area (TPSA) is 32.3 Å². The van der Waals surface area contributed by atoms with Gasteiger partial charge in [-0.3, -0.25) is 10.1 Å². The fraction of sp³-hybridized carbons (Fsp3) is 0.941. The number of carbonyl (C=O) groups excluding carboxylic acids is 1. The van der Waals surface area contributed by atoms with Crippen molar-refractivity contribution in [3.8, 4) is 0 Å². The van der Waals surface area contributed by atoms with E-state index < -0.39 is 0 Å². The summed E-state index contributed by atoms with van der Waals surface area (Å²) >= 11 is 0. The zero-order chi connectivity index (χ0) is 15.1. The molecule has 0 aromatic rings. The van der Waals surface area contributed by atoms with Gasteiger partial charge in [0, 0.05) is 6.54 Å². The van der Waals surface area contributed by atoms with Crippen molar-refractivity contribution < 1.29 is 4.79 Å². The molecule has 116 valence electrons. The molecule has 2 atom stereocenters. The van der Waals surface area contributed by atoms with E-state index in [2.05, 4.69) is 51.8 Å². The number of nitrogens with zero attached hydrogens (tertiary/aromatic N) is 1. The predicted octanol–water partition coefficient (Wildman–Crippen LogP) is 3.40. The lowest BCUT2D eigenvalue weighted by molar-refractivity contribution is -0.134. The first-order valence-corrected chi connectivity index (χ1v) is 8.26. The van der Waals surface area contributed by atoms with Crippen molar-refractivity contribution in [3.05, 3.63) is 0 Å². The van der Waals surface area contributed by atoms with Crippen LogP contribution in [0.4, 0.5) is 0 Å². The lowest BCUT2D eigenvalue weighted by Gasteiger charge is -2.35. The smallest absolute Gasteiger partial charge is 0.244 e. The molecular weight excluding hydrogens is 248 g/mol. The molecule has 0 aromatic heterocycles. The van der Waals surface area contributed by atoms with Gasteiger partial charge in [-0.1, -0.05) is 54.4 Å². The molecule has 1 aliphatic heterocycles. The highest BCUT2D eigenvalue weighted by Gasteiger charge is 2.53. The van der Waals surface area contributed by atoms with Gasteiger partial charge < -0.3 is 4.90 Å². The fourth-order valence-corrected chi connectivity index (χ4v) is 3.45. The number of rotatable bonds is 3. The van der Waals surface area contributed by atoms with Gasteiger partial charge in [-0.05, 0) is 30.1 Å². The fourth-order valence-electron chi connectivity index (χ4n) is 3.45. The molecule has 1 saturated heterocycles. The molecule has 2 fully saturated rings. The highest BCUT2D eigenvalue weighted by atomic mass is 16.2. The Balaban J connectivity index is 2.18. The third kappa shape index (κ3) is 2.74. The molecule has 1 spiro atoms. The second-order valence-corrected chi connectivity index (χ2v) is 8.35. The molecule has 2 aliphatic rings. The highest BCUT2D eigenvalue weighted by molar-refractivity contribution is 5.89. The van der Waals surface area contributed by atoms with Crippen molar-refractivity contribution >= 4 is 5.91 Å². The Kier molecular flexibility index (Phi) is 4.21. The molecule has 2 rings (SSSR count). The van der Waals surface area contributed by atoms with Crippen LogP contribution in [0.3, 0.4) is 0 Å². The lowest BCUT2D eigenvalue weighted by atomic mass is 9.81. The standard InChI is InChI=1S/C17H32N2O/c1-12(2)14-18-17(9-7-8-10-17)15(20)19(14)11-13(3)16(4,5)6/h12-14,18H,7-11H2,1-6H3. The second kappa shape index (κ2) is 5.32. The van der Waals surface area contributed by atoms with Crippen LogP contribution in [0.2, 0.25) is 0 Å². The summed E-state index contributed by atoms with van der Waals surface area (Å²) in [6.07, 6.45) is 4.63. The molecule has 1 aliphatic carbocycles. The quantitative estimate of drug-likeness (QED) is 0.859. The Morgan fingerprint density at radius 2 is 1.80 bits per heavy atom. The van der Waals surface area contributed by atoms with Gasteiger partial charge in [0.25, 0.3) is 0 Å². The number of amides is 1. The van der Waals surface area contributed by atoms with Crippen molar-refractivity contribution in [1.82, 2.24) is 10.2 Å². The van der Waals surface area contributed by atoms with Crippen LogP contribution in [0, 0.1) is 17.3 Å². The van der Waals surface area contributed by atoms with Crippen molar-refractivity contribution in [1.29, 1.82) is 0 Å². The summed E-state index contributed by atoms with van der Waals surface area (Å²) in [5.41, 5.74) is 0.0137. The molecule has 1 N–H and O–H groups in total. The molecule has 1 heterocycles. The lowest BCUT2D eigenvalue weighted by Crippen LogP contribution is -2.46. The van der Waals surface area contributed by atoms with Crippen molar-refractivity contribution in [3.63, 3.8) is 0 Å². The average molecular weight is 280 g/mol. The van der Waals surface area contributed by atoms with Crippen LogP contribution in [0.15, 0.2) is 0 Å². The van der Waals surface area contributed by atoms with E-state index in [0.717, 1.165) is 19.4 Å². The first-order valence-electron chi connectivity index (χ1n) is 8.26. The van der Waals surface area contributed by atoms with Gasteiger partial charge in [0.2, 0.25) is 5.91 Å². The molecular formula is C17H32N2O. The molecule has 3 nitrogen and oxygen atoms in total. The highest BCUT2D eigenvalue weighted by Crippen LogP contribution is 2.39. The molecule has 2 unspecified atom stereocenters. The summed E-state index contributed by atoms with van der Waals surface area (Å²) in [5.74, 6) is 1.34. The maximum absolute atomic E-state index is 13.0. The number of carbonyl (C=O) groups is 1. The largest absolute Gasteiger partial charge is 0.325 e. The van der Waals surface area contributed by atoms with Crippen LogP contribution in [0.5, 0.6) is 0 Å². The first-order chi connectivity index (χ1) is 9.17. The van der Waals surface area contributed by atoms with E-state index in [1.54, 1.807) is 0 Å². The van der Waals surface area contributed by atoms with Gasteiger partial charge in [0.05, 0.1) is 11.7 Å². The summed E-state index contributed by atoms with van der Waals surface area (Å²) < 4.78 is 0. The molecule has 1 amide bonds. The summed E-state index contributed by atoms with van der Waals surface area (Å²) in [7, 11) is 0. The molecule has 1 saturated carbocycles. The maximum Gasteiger partial charge on any atom is 0.244 e. The SMILES string of the molecule is CC(C)C1NC2(CCCC2)C(=O)N1CC(C)C(C)(C)C. The maximum atomic E-state index is 13.0. The van der Waals surface area contributed by atoms with Crippen LogP contribution >= 0.6 is 0 Å². The van der Waals surface area contributed by atoms with E-state index in [-0.39, 0.29) is 17.1 Å². The van der Waals surface area contributed by atoms with Gasteiger partial charge in [-0.25, -0.2) is 0 Å². The van der Waals surface area contributed by atoms with Crippen LogP contribution in [-0.2, 0) is 4.79 Å². The molecule has 0 radical (unpaired) electrons.